The van der Waals surface area contributed by atoms with Crippen LogP contribution in [0.3, 0.4) is 0 Å². The summed E-state index contributed by atoms with van der Waals surface area (Å²) in [5.41, 5.74) is 5.96. The number of hydrogen-bond donors (Lipinski definition) is 3. The van der Waals surface area contributed by atoms with Crippen LogP contribution >= 0.6 is 0 Å². The smallest absolute Gasteiger partial charge is 0.280 e. The molecule has 0 aromatic carbocycles. The Morgan fingerprint density at radius 3 is 3.26 bits per heavy atom. The Labute approximate surface area is 108 Å². The molecule has 0 unspecified atom stereocenters. The summed E-state index contributed by atoms with van der Waals surface area (Å²) in [5.74, 6) is 0.0741. The number of H-pyrrole nitrogens is 1. The van der Waals surface area contributed by atoms with Gasteiger partial charge in [0.05, 0.1) is 25.1 Å². The number of nitrogens with zero attached hydrogens (tertiary/aromatic N) is 3. The molecule has 3 rings (SSSR count). The van der Waals surface area contributed by atoms with Crippen LogP contribution in [0.4, 0.5) is 5.95 Å². The molecule has 0 spiro atoms. The zero-order valence-electron chi connectivity index (χ0n) is 10.2. The van der Waals surface area contributed by atoms with E-state index in [0.29, 0.717) is 18.7 Å². The third kappa shape index (κ3) is 2.08. The monoisotopic (exact) mass is 265 g/mol. The van der Waals surface area contributed by atoms with E-state index < -0.39 is 0 Å². The van der Waals surface area contributed by atoms with E-state index in [1.807, 2.05) is 4.57 Å². The first-order valence-electron chi connectivity index (χ1n) is 6.14. The number of anilines is 1. The van der Waals surface area contributed by atoms with E-state index in [-0.39, 0.29) is 35.8 Å². The number of hydrogen-bond acceptors (Lipinski definition) is 6. The molecule has 1 aliphatic rings. The minimum Gasteiger partial charge on any atom is -0.396 e. The van der Waals surface area contributed by atoms with Gasteiger partial charge in [-0.2, -0.15) is 4.98 Å². The molecular formula is C11H15N5O3. The third-order valence-corrected chi connectivity index (χ3v) is 3.35. The number of aliphatic hydroxyl groups is 1. The summed E-state index contributed by atoms with van der Waals surface area (Å²) in [6.45, 7) is 0.622. The maximum atomic E-state index is 11.7. The van der Waals surface area contributed by atoms with Crippen molar-refractivity contribution in [1.82, 2.24) is 19.5 Å². The Morgan fingerprint density at radius 1 is 1.63 bits per heavy atom. The van der Waals surface area contributed by atoms with E-state index in [2.05, 4.69) is 15.0 Å². The van der Waals surface area contributed by atoms with Crippen molar-refractivity contribution in [2.24, 2.45) is 0 Å². The van der Waals surface area contributed by atoms with Gasteiger partial charge < -0.3 is 20.1 Å². The second kappa shape index (κ2) is 4.63. The molecule has 1 aliphatic heterocycles. The highest BCUT2D eigenvalue weighted by Crippen LogP contribution is 2.27. The van der Waals surface area contributed by atoms with E-state index in [4.69, 9.17) is 15.6 Å². The predicted molar refractivity (Wildman–Crippen MR) is 67.7 cm³/mol. The van der Waals surface area contributed by atoms with Gasteiger partial charge in [0.15, 0.2) is 11.2 Å². The Hall–Kier alpha value is -1.93. The predicted octanol–water partition coefficient (Wildman–Crippen LogP) is -0.586. The molecule has 0 radical (unpaired) electrons. The fraction of sp³-hybridized carbons (Fsp3) is 0.545. The van der Waals surface area contributed by atoms with Crippen LogP contribution in [-0.2, 0) is 4.74 Å². The van der Waals surface area contributed by atoms with E-state index >= 15 is 0 Å². The molecule has 2 aromatic heterocycles. The summed E-state index contributed by atoms with van der Waals surface area (Å²) in [6, 6.07) is 0.0650. The molecule has 8 nitrogen and oxygen atoms in total. The molecule has 1 saturated heterocycles. The summed E-state index contributed by atoms with van der Waals surface area (Å²) in [6.07, 6.45) is 2.99. The third-order valence-electron chi connectivity index (χ3n) is 3.35. The van der Waals surface area contributed by atoms with Crippen molar-refractivity contribution in [1.29, 1.82) is 0 Å². The summed E-state index contributed by atoms with van der Waals surface area (Å²) < 4.78 is 7.40. The van der Waals surface area contributed by atoms with Gasteiger partial charge in [0.1, 0.15) is 0 Å². The number of aromatic amines is 1. The average Bonchev–Trinajstić information content (AvgIpc) is 2.95. The van der Waals surface area contributed by atoms with Gasteiger partial charge in [-0.15, -0.1) is 0 Å². The standard InChI is InChI=1S/C11H15N5O3/c12-11-14-9-8(10(18)15-11)13-5-16(9)6-3-7(1-2-17)19-4-6/h5-7,17H,1-4H2,(H3,12,14,15,18)/t6-,7+/m0/s1. The number of aromatic nitrogens is 4. The molecule has 0 saturated carbocycles. The lowest BCUT2D eigenvalue weighted by Gasteiger charge is -2.10. The van der Waals surface area contributed by atoms with Gasteiger partial charge in [-0.05, 0) is 12.8 Å². The molecule has 0 amide bonds. The first-order valence-corrected chi connectivity index (χ1v) is 6.14. The van der Waals surface area contributed by atoms with Crippen molar-refractivity contribution in [3.05, 3.63) is 16.7 Å². The number of rotatable bonds is 3. The molecule has 2 aromatic rings. The molecular weight excluding hydrogens is 250 g/mol. The molecule has 8 heteroatoms. The van der Waals surface area contributed by atoms with Crippen molar-refractivity contribution < 1.29 is 9.84 Å². The minimum atomic E-state index is -0.341. The zero-order valence-corrected chi connectivity index (χ0v) is 10.2. The lowest BCUT2D eigenvalue weighted by atomic mass is 10.1. The van der Waals surface area contributed by atoms with Gasteiger partial charge >= 0.3 is 0 Å². The van der Waals surface area contributed by atoms with Crippen LogP contribution in [-0.4, -0.2) is 43.9 Å². The number of nitrogens with two attached hydrogens (primary N) is 1. The van der Waals surface area contributed by atoms with Crippen LogP contribution in [0.15, 0.2) is 11.1 Å². The van der Waals surface area contributed by atoms with Crippen LogP contribution in [0.25, 0.3) is 11.2 Å². The van der Waals surface area contributed by atoms with Gasteiger partial charge in [0, 0.05) is 6.61 Å². The molecule has 0 aliphatic carbocycles. The normalized spacial score (nSPS) is 23.2. The Kier molecular flexibility index (Phi) is 2.96. The number of fused-ring (bicyclic) bond motifs is 1. The van der Waals surface area contributed by atoms with Crippen LogP contribution in [0.2, 0.25) is 0 Å². The maximum absolute atomic E-state index is 11.7. The van der Waals surface area contributed by atoms with Crippen molar-refractivity contribution in [2.45, 2.75) is 25.0 Å². The lowest BCUT2D eigenvalue weighted by Crippen LogP contribution is -2.14. The van der Waals surface area contributed by atoms with Crippen LogP contribution in [0, 0.1) is 0 Å². The highest BCUT2D eigenvalue weighted by atomic mass is 16.5. The highest BCUT2D eigenvalue weighted by Gasteiger charge is 2.28. The highest BCUT2D eigenvalue weighted by molar-refractivity contribution is 5.70. The molecule has 0 bridgehead atoms. The Morgan fingerprint density at radius 2 is 2.47 bits per heavy atom. The first-order chi connectivity index (χ1) is 9.19. The number of nitrogen functional groups attached to an aromatic ring is 1. The second-order valence-corrected chi connectivity index (χ2v) is 4.63. The zero-order chi connectivity index (χ0) is 13.4. The topological polar surface area (TPSA) is 119 Å². The molecule has 4 N–H and O–H groups in total. The summed E-state index contributed by atoms with van der Waals surface area (Å²) in [7, 11) is 0. The van der Waals surface area contributed by atoms with Gasteiger partial charge in [-0.25, -0.2) is 4.98 Å². The van der Waals surface area contributed by atoms with Crippen LogP contribution < -0.4 is 11.3 Å². The molecule has 3 heterocycles. The van der Waals surface area contributed by atoms with Gasteiger partial charge in [0.25, 0.3) is 5.56 Å². The second-order valence-electron chi connectivity index (χ2n) is 4.63. The quantitative estimate of drug-likeness (QED) is 0.682. The van der Waals surface area contributed by atoms with E-state index in [1.54, 1.807) is 6.33 Å². The number of imidazole rings is 1. The molecule has 2 atom stereocenters. The number of aliphatic hydroxyl groups excluding tert-OH is 1. The summed E-state index contributed by atoms with van der Waals surface area (Å²) >= 11 is 0. The largest absolute Gasteiger partial charge is 0.396 e. The summed E-state index contributed by atoms with van der Waals surface area (Å²) in [5, 5.41) is 8.91. The Balaban J connectivity index is 1.96. The first kappa shape index (κ1) is 12.1. The number of nitrogens with one attached hydrogen (secondary N) is 1. The van der Waals surface area contributed by atoms with Crippen LogP contribution in [0.1, 0.15) is 18.9 Å². The maximum Gasteiger partial charge on any atom is 0.280 e. The molecule has 19 heavy (non-hydrogen) atoms. The van der Waals surface area contributed by atoms with Crippen molar-refractivity contribution in [2.75, 3.05) is 18.9 Å². The van der Waals surface area contributed by atoms with Crippen molar-refractivity contribution in [3.8, 4) is 0 Å². The van der Waals surface area contributed by atoms with Gasteiger partial charge in [0.2, 0.25) is 5.95 Å². The van der Waals surface area contributed by atoms with E-state index in [0.717, 1.165) is 6.42 Å². The number of ether oxygens (including phenoxy) is 1. The summed E-state index contributed by atoms with van der Waals surface area (Å²) in [4.78, 5) is 22.3. The van der Waals surface area contributed by atoms with Crippen molar-refractivity contribution in [3.63, 3.8) is 0 Å². The average molecular weight is 265 g/mol. The SMILES string of the molecule is Nc1nc2c(ncn2[C@@H]2CO[C@H](CCO)C2)c(=O)[nH]1. The fourth-order valence-corrected chi connectivity index (χ4v) is 2.44. The molecule has 1 fully saturated rings. The fourth-order valence-electron chi connectivity index (χ4n) is 2.44. The van der Waals surface area contributed by atoms with Gasteiger partial charge in [-0.3, -0.25) is 9.78 Å². The Bertz CT molecular complexity index is 649. The van der Waals surface area contributed by atoms with E-state index in [1.165, 1.54) is 0 Å². The molecule has 102 valence electrons. The van der Waals surface area contributed by atoms with E-state index in [9.17, 15) is 4.79 Å². The van der Waals surface area contributed by atoms with Crippen molar-refractivity contribution >= 4 is 17.1 Å². The minimum absolute atomic E-state index is 0.0341. The van der Waals surface area contributed by atoms with Gasteiger partial charge in [-0.1, -0.05) is 0 Å². The van der Waals surface area contributed by atoms with Crippen LogP contribution in [0.5, 0.6) is 0 Å². The lowest BCUT2D eigenvalue weighted by molar-refractivity contribution is 0.0843.